The number of hydrogen-bond donors (Lipinski definition) is 2. The second kappa shape index (κ2) is 6.32. The molecular formula is C14H23N3O4. The van der Waals surface area contributed by atoms with E-state index >= 15 is 0 Å². The van der Waals surface area contributed by atoms with Crippen molar-refractivity contribution in [1.29, 1.82) is 0 Å². The third kappa shape index (κ3) is 3.65. The molecule has 118 valence electrons. The second-order valence-corrected chi connectivity index (χ2v) is 6.09. The number of rotatable bonds is 2. The van der Waals surface area contributed by atoms with Crippen molar-refractivity contribution in [1.82, 2.24) is 15.1 Å². The number of carbonyl (C=O) groups excluding carboxylic acids is 2. The Morgan fingerprint density at radius 3 is 2.52 bits per heavy atom. The molecule has 3 atom stereocenters. The van der Waals surface area contributed by atoms with Crippen LogP contribution in [-0.4, -0.2) is 64.5 Å². The molecule has 21 heavy (non-hydrogen) atoms. The average molecular weight is 297 g/mol. The van der Waals surface area contributed by atoms with E-state index in [2.05, 4.69) is 5.32 Å². The van der Waals surface area contributed by atoms with Crippen LogP contribution in [0.2, 0.25) is 0 Å². The van der Waals surface area contributed by atoms with Gasteiger partial charge in [-0.25, -0.2) is 9.59 Å². The smallest absolute Gasteiger partial charge is 0.326 e. The van der Waals surface area contributed by atoms with E-state index in [4.69, 9.17) is 0 Å². The average Bonchev–Trinajstić information content (AvgIpc) is 2.85. The van der Waals surface area contributed by atoms with Crippen LogP contribution in [0.5, 0.6) is 0 Å². The second-order valence-electron chi connectivity index (χ2n) is 6.09. The summed E-state index contributed by atoms with van der Waals surface area (Å²) in [4.78, 5) is 38.1. The highest BCUT2D eigenvalue weighted by molar-refractivity contribution is 5.83. The van der Waals surface area contributed by atoms with Crippen molar-refractivity contribution in [3.05, 3.63) is 0 Å². The molecule has 2 aliphatic heterocycles. The lowest BCUT2D eigenvalue weighted by Gasteiger charge is -2.38. The Labute approximate surface area is 124 Å². The number of carboxylic acids is 1. The first-order valence-electron chi connectivity index (χ1n) is 7.44. The number of piperidine rings is 1. The quantitative estimate of drug-likeness (QED) is 0.776. The highest BCUT2D eigenvalue weighted by atomic mass is 16.4. The normalized spacial score (nSPS) is 29.3. The van der Waals surface area contributed by atoms with E-state index in [1.807, 2.05) is 6.92 Å². The monoisotopic (exact) mass is 297 g/mol. The first-order chi connectivity index (χ1) is 9.88. The number of carbonyl (C=O) groups is 3. The lowest BCUT2D eigenvalue weighted by Crippen LogP contribution is -2.54. The van der Waals surface area contributed by atoms with E-state index in [0.717, 1.165) is 6.42 Å². The summed E-state index contributed by atoms with van der Waals surface area (Å²) in [6.45, 7) is 4.97. The van der Waals surface area contributed by atoms with Crippen molar-refractivity contribution in [2.24, 2.45) is 5.92 Å². The zero-order valence-corrected chi connectivity index (χ0v) is 12.5. The molecule has 7 heteroatoms. The third-order valence-electron chi connectivity index (χ3n) is 4.26. The molecule has 2 rings (SSSR count). The van der Waals surface area contributed by atoms with Crippen LogP contribution in [0, 0.1) is 5.92 Å². The first-order valence-corrected chi connectivity index (χ1v) is 7.44. The minimum atomic E-state index is -0.937. The summed E-state index contributed by atoms with van der Waals surface area (Å²) < 4.78 is 0. The third-order valence-corrected chi connectivity index (χ3v) is 4.26. The van der Waals surface area contributed by atoms with Crippen LogP contribution >= 0.6 is 0 Å². The number of nitrogens with zero attached hydrogens (tertiary/aromatic N) is 2. The van der Waals surface area contributed by atoms with Gasteiger partial charge in [-0.3, -0.25) is 4.79 Å². The molecule has 0 aliphatic carbocycles. The Kier molecular flexibility index (Phi) is 4.69. The standard InChI is InChI=1S/C14H23N3O4/c1-9-3-6-17(12(7-9)13(19)20)14(21)16-5-4-11(8-16)15-10(2)18/h9,11-12H,3-8H2,1-2H3,(H,15,18)(H,19,20). The molecule has 3 unspecified atom stereocenters. The molecule has 3 amide bonds. The van der Waals surface area contributed by atoms with Gasteiger partial charge in [0, 0.05) is 32.6 Å². The van der Waals surface area contributed by atoms with Gasteiger partial charge in [0.25, 0.3) is 0 Å². The lowest BCUT2D eigenvalue weighted by molar-refractivity contribution is -0.144. The molecule has 0 spiro atoms. The van der Waals surface area contributed by atoms with Crippen molar-refractivity contribution in [3.8, 4) is 0 Å². The largest absolute Gasteiger partial charge is 0.480 e. The molecule has 7 nitrogen and oxygen atoms in total. The lowest BCUT2D eigenvalue weighted by atomic mass is 9.93. The summed E-state index contributed by atoms with van der Waals surface area (Å²) in [6, 6.07) is -0.985. The minimum Gasteiger partial charge on any atom is -0.480 e. The Balaban J connectivity index is 1.99. The maximum atomic E-state index is 12.5. The molecular weight excluding hydrogens is 274 g/mol. The molecule has 2 saturated heterocycles. The van der Waals surface area contributed by atoms with E-state index < -0.39 is 12.0 Å². The van der Waals surface area contributed by atoms with E-state index in [0.29, 0.717) is 38.4 Å². The number of likely N-dealkylation sites (tertiary alicyclic amines) is 2. The van der Waals surface area contributed by atoms with Gasteiger partial charge in [-0.1, -0.05) is 6.92 Å². The Bertz CT molecular complexity index is 440. The number of nitrogens with one attached hydrogen (secondary N) is 1. The molecule has 0 radical (unpaired) electrons. The fraction of sp³-hybridized carbons (Fsp3) is 0.786. The van der Waals surface area contributed by atoms with Crippen LogP contribution < -0.4 is 5.32 Å². The van der Waals surface area contributed by atoms with Crippen LogP contribution in [-0.2, 0) is 9.59 Å². The highest BCUT2D eigenvalue weighted by Crippen LogP contribution is 2.25. The number of hydrogen-bond acceptors (Lipinski definition) is 3. The summed E-state index contributed by atoms with van der Waals surface area (Å²) in [6.07, 6.45) is 2.05. The van der Waals surface area contributed by atoms with Crippen LogP contribution in [0.25, 0.3) is 0 Å². The van der Waals surface area contributed by atoms with Gasteiger partial charge in [0.2, 0.25) is 5.91 Å². The maximum Gasteiger partial charge on any atom is 0.326 e. The van der Waals surface area contributed by atoms with Crippen LogP contribution in [0.3, 0.4) is 0 Å². The Morgan fingerprint density at radius 2 is 1.90 bits per heavy atom. The number of aliphatic carboxylic acids is 1. The van der Waals surface area contributed by atoms with E-state index in [9.17, 15) is 19.5 Å². The fourth-order valence-corrected chi connectivity index (χ4v) is 3.13. The topological polar surface area (TPSA) is 90.0 Å². The fourth-order valence-electron chi connectivity index (χ4n) is 3.13. The Morgan fingerprint density at radius 1 is 1.19 bits per heavy atom. The minimum absolute atomic E-state index is 0.0292. The molecule has 0 bridgehead atoms. The summed E-state index contributed by atoms with van der Waals surface area (Å²) >= 11 is 0. The zero-order chi connectivity index (χ0) is 15.6. The van der Waals surface area contributed by atoms with Crippen LogP contribution in [0.1, 0.15) is 33.1 Å². The van der Waals surface area contributed by atoms with Crippen molar-refractivity contribution < 1.29 is 19.5 Å². The van der Waals surface area contributed by atoms with Gasteiger partial charge in [0.1, 0.15) is 6.04 Å². The van der Waals surface area contributed by atoms with Gasteiger partial charge < -0.3 is 20.2 Å². The zero-order valence-electron chi connectivity index (χ0n) is 12.5. The number of urea groups is 1. The molecule has 0 aromatic carbocycles. The van der Waals surface area contributed by atoms with Gasteiger partial charge in [0.05, 0.1) is 0 Å². The van der Waals surface area contributed by atoms with Gasteiger partial charge >= 0.3 is 12.0 Å². The van der Waals surface area contributed by atoms with Gasteiger partial charge in [0.15, 0.2) is 0 Å². The summed E-state index contributed by atoms with van der Waals surface area (Å²) in [7, 11) is 0. The number of carboxylic acid groups (broad SMARTS) is 1. The first kappa shape index (κ1) is 15.6. The summed E-state index contributed by atoms with van der Waals surface area (Å²) in [5.74, 6) is -0.724. The van der Waals surface area contributed by atoms with E-state index in [-0.39, 0.29) is 18.0 Å². The summed E-state index contributed by atoms with van der Waals surface area (Å²) in [5, 5.41) is 12.1. The van der Waals surface area contributed by atoms with Gasteiger partial charge in [-0.05, 0) is 25.2 Å². The molecule has 2 heterocycles. The van der Waals surface area contributed by atoms with E-state index in [1.165, 1.54) is 11.8 Å². The Hall–Kier alpha value is -1.79. The van der Waals surface area contributed by atoms with Crippen LogP contribution in [0.4, 0.5) is 4.79 Å². The van der Waals surface area contributed by atoms with Gasteiger partial charge in [-0.15, -0.1) is 0 Å². The van der Waals surface area contributed by atoms with Crippen molar-refractivity contribution >= 4 is 17.9 Å². The van der Waals surface area contributed by atoms with Crippen LogP contribution in [0.15, 0.2) is 0 Å². The highest BCUT2D eigenvalue weighted by Gasteiger charge is 2.38. The number of amides is 3. The van der Waals surface area contributed by atoms with Gasteiger partial charge in [-0.2, -0.15) is 0 Å². The maximum absolute atomic E-state index is 12.5. The molecule has 0 aromatic rings. The van der Waals surface area contributed by atoms with Crippen molar-refractivity contribution in [2.45, 2.75) is 45.2 Å². The van der Waals surface area contributed by atoms with Crippen molar-refractivity contribution in [3.63, 3.8) is 0 Å². The molecule has 0 saturated carbocycles. The predicted octanol–water partition coefficient (Wildman–Crippen LogP) is 0.502. The predicted molar refractivity (Wildman–Crippen MR) is 75.7 cm³/mol. The van der Waals surface area contributed by atoms with E-state index in [1.54, 1.807) is 4.90 Å². The SMILES string of the molecule is CC(=O)NC1CCN(C(=O)N2CCC(C)CC2C(=O)O)C1. The summed E-state index contributed by atoms with van der Waals surface area (Å²) in [5.41, 5.74) is 0. The molecule has 0 aromatic heterocycles. The molecule has 2 N–H and O–H groups in total. The van der Waals surface area contributed by atoms with Crippen molar-refractivity contribution in [2.75, 3.05) is 19.6 Å². The molecule has 2 fully saturated rings. The molecule has 2 aliphatic rings.